The molecule has 0 saturated heterocycles. The molecule has 17 nitrogen and oxygen atoms in total. The highest BCUT2D eigenvalue weighted by atomic mass is 31.2. The van der Waals surface area contributed by atoms with E-state index >= 15 is 0 Å². The number of phosphoric ester groups is 2. The summed E-state index contributed by atoms with van der Waals surface area (Å²) in [7, 11) is -9.89. The van der Waals surface area contributed by atoms with Crippen LogP contribution in [-0.2, 0) is 65.4 Å². The summed E-state index contributed by atoms with van der Waals surface area (Å²) in [6.45, 7) is 13.9. The van der Waals surface area contributed by atoms with Gasteiger partial charge in [-0.1, -0.05) is 254 Å². The Kier molecular flexibility index (Phi) is 53.0. The minimum absolute atomic E-state index is 0.102. The van der Waals surface area contributed by atoms with Crippen molar-refractivity contribution in [1.29, 1.82) is 0 Å². The summed E-state index contributed by atoms with van der Waals surface area (Å²) in [6, 6.07) is 0. The average Bonchev–Trinajstić information content (AvgIpc) is 3.46. The number of hydrogen-bond donors (Lipinski definition) is 3. The highest BCUT2D eigenvalue weighted by Gasteiger charge is 2.30. The molecule has 0 amide bonds. The molecule has 0 fully saturated rings. The Morgan fingerprint density at radius 2 is 0.578 bits per heavy atom. The topological polar surface area (TPSA) is 237 Å². The van der Waals surface area contributed by atoms with E-state index in [-0.39, 0.29) is 25.7 Å². The fraction of sp³-hybridized carbons (Fsp3) is 0.938. The molecule has 0 aromatic rings. The molecule has 83 heavy (non-hydrogen) atoms. The van der Waals surface area contributed by atoms with Crippen molar-refractivity contribution in [2.24, 2.45) is 23.7 Å². The molecular formula is C64H124O17P2. The van der Waals surface area contributed by atoms with Gasteiger partial charge in [-0.05, 0) is 49.4 Å². The molecule has 5 unspecified atom stereocenters. The van der Waals surface area contributed by atoms with E-state index in [1.54, 1.807) is 0 Å². The van der Waals surface area contributed by atoms with Crippen LogP contribution in [0, 0.1) is 23.7 Å². The lowest BCUT2D eigenvalue weighted by atomic mass is 9.99. The third kappa shape index (κ3) is 56.3. The quantitative estimate of drug-likeness (QED) is 0.0222. The minimum Gasteiger partial charge on any atom is -0.462 e. The fourth-order valence-corrected chi connectivity index (χ4v) is 10.9. The molecule has 0 aliphatic heterocycles. The number of rotatable bonds is 61. The molecule has 0 heterocycles. The van der Waals surface area contributed by atoms with E-state index in [9.17, 15) is 43.2 Å². The molecule has 0 spiro atoms. The van der Waals surface area contributed by atoms with Crippen LogP contribution < -0.4 is 0 Å². The zero-order valence-corrected chi connectivity index (χ0v) is 55.6. The van der Waals surface area contributed by atoms with E-state index in [4.69, 9.17) is 37.0 Å². The molecule has 0 bridgehead atoms. The van der Waals surface area contributed by atoms with Crippen LogP contribution in [0.25, 0.3) is 0 Å². The molecule has 3 N–H and O–H groups in total. The number of esters is 4. The second-order valence-electron chi connectivity index (χ2n) is 24.6. The third-order valence-electron chi connectivity index (χ3n) is 15.3. The predicted octanol–water partition coefficient (Wildman–Crippen LogP) is 17.4. The number of aliphatic hydroxyl groups is 1. The number of unbranched alkanes of at least 4 members (excludes halogenated alkanes) is 25. The van der Waals surface area contributed by atoms with Gasteiger partial charge in [-0.25, -0.2) is 9.13 Å². The molecule has 492 valence electrons. The summed E-state index contributed by atoms with van der Waals surface area (Å²) in [6.07, 6.45) is 33.6. The molecular weight excluding hydrogens is 1100 g/mol. The van der Waals surface area contributed by atoms with Crippen molar-refractivity contribution in [2.45, 2.75) is 324 Å². The van der Waals surface area contributed by atoms with Crippen LogP contribution >= 0.6 is 15.6 Å². The maximum absolute atomic E-state index is 13.0. The Bertz CT molecular complexity index is 1670. The smallest absolute Gasteiger partial charge is 0.462 e. The number of ether oxygens (including phenoxy) is 4. The molecule has 0 aromatic carbocycles. The van der Waals surface area contributed by atoms with Gasteiger partial charge in [0.2, 0.25) is 0 Å². The molecule has 0 rings (SSSR count). The fourth-order valence-electron chi connectivity index (χ4n) is 9.36. The van der Waals surface area contributed by atoms with Crippen LogP contribution in [0.3, 0.4) is 0 Å². The Morgan fingerprint density at radius 1 is 0.337 bits per heavy atom. The van der Waals surface area contributed by atoms with E-state index in [2.05, 4.69) is 55.4 Å². The van der Waals surface area contributed by atoms with E-state index in [0.717, 1.165) is 114 Å². The van der Waals surface area contributed by atoms with Crippen molar-refractivity contribution in [3.63, 3.8) is 0 Å². The van der Waals surface area contributed by atoms with E-state index < -0.39 is 97.5 Å². The van der Waals surface area contributed by atoms with E-state index in [0.29, 0.717) is 31.6 Å². The number of phosphoric acid groups is 2. The van der Waals surface area contributed by atoms with Gasteiger partial charge in [0.25, 0.3) is 0 Å². The normalized spacial score (nSPS) is 15.1. The summed E-state index contributed by atoms with van der Waals surface area (Å²) in [5.41, 5.74) is 0. The molecule has 0 aromatic heterocycles. The third-order valence-corrected chi connectivity index (χ3v) is 17.2. The second kappa shape index (κ2) is 54.2. The number of hydrogen-bond acceptors (Lipinski definition) is 15. The monoisotopic (exact) mass is 1230 g/mol. The summed E-state index contributed by atoms with van der Waals surface area (Å²) >= 11 is 0. The second-order valence-corrected chi connectivity index (χ2v) is 27.5. The van der Waals surface area contributed by atoms with Crippen LogP contribution in [0.2, 0.25) is 0 Å². The number of aliphatic hydroxyl groups excluding tert-OH is 1. The highest BCUT2D eigenvalue weighted by Crippen LogP contribution is 2.45. The van der Waals surface area contributed by atoms with Crippen molar-refractivity contribution >= 4 is 39.5 Å². The molecule has 0 radical (unpaired) electrons. The van der Waals surface area contributed by atoms with Crippen LogP contribution in [0.15, 0.2) is 0 Å². The van der Waals surface area contributed by atoms with Gasteiger partial charge in [0.15, 0.2) is 12.2 Å². The maximum Gasteiger partial charge on any atom is 0.472 e. The molecule has 0 aliphatic rings. The van der Waals surface area contributed by atoms with Gasteiger partial charge < -0.3 is 33.8 Å². The standard InChI is InChI=1S/C64H124O17P2/c1-9-56(7)42-34-26-18-12-14-20-30-38-46-63(68)80-60(51-75-62(67)45-37-29-23-22-27-35-43-57(8)10-2)53-79-83(72,73)77-49-58(65)48-76-82(70,71)78-52-59(81-64(69)47-39-31-21-15-17-25-33-41-55(5)6)50-74-61(66)44-36-28-19-13-11-16-24-32-40-54(3)4/h54-60,65H,9-53H2,1-8H3,(H,70,71)(H,72,73)/t56?,57?,58?,59-,60-/m1/s1. The first-order valence-electron chi connectivity index (χ1n) is 33.3. The largest absolute Gasteiger partial charge is 0.472 e. The van der Waals surface area contributed by atoms with Crippen molar-refractivity contribution in [1.82, 2.24) is 0 Å². The predicted molar refractivity (Wildman–Crippen MR) is 331 cm³/mol. The van der Waals surface area contributed by atoms with Gasteiger partial charge in [-0.15, -0.1) is 0 Å². The summed E-state index contributed by atoms with van der Waals surface area (Å²) < 4.78 is 68.0. The van der Waals surface area contributed by atoms with Crippen LogP contribution in [0.1, 0.15) is 306 Å². The lowest BCUT2D eigenvalue weighted by molar-refractivity contribution is -0.161. The van der Waals surface area contributed by atoms with Gasteiger partial charge in [0.05, 0.1) is 26.4 Å². The molecule has 0 saturated carbocycles. The number of carbonyl (C=O) groups is 4. The van der Waals surface area contributed by atoms with Gasteiger partial charge in [-0.3, -0.25) is 37.3 Å². The molecule has 19 heteroatoms. The van der Waals surface area contributed by atoms with Crippen LogP contribution in [0.4, 0.5) is 0 Å². The first kappa shape index (κ1) is 81.1. The summed E-state index contributed by atoms with van der Waals surface area (Å²) in [4.78, 5) is 72.2. The number of carbonyl (C=O) groups excluding carboxylic acids is 4. The lowest BCUT2D eigenvalue weighted by Crippen LogP contribution is -2.30. The van der Waals surface area contributed by atoms with Gasteiger partial charge >= 0.3 is 39.5 Å². The van der Waals surface area contributed by atoms with E-state index in [1.807, 2.05) is 0 Å². The lowest BCUT2D eigenvalue weighted by Gasteiger charge is -2.21. The Labute approximate surface area is 505 Å². The molecule has 0 aliphatic carbocycles. The van der Waals surface area contributed by atoms with Crippen LogP contribution in [-0.4, -0.2) is 96.7 Å². The maximum atomic E-state index is 13.0. The Hall–Kier alpha value is -1.94. The first-order chi connectivity index (χ1) is 39.7. The van der Waals surface area contributed by atoms with Crippen molar-refractivity contribution in [3.05, 3.63) is 0 Å². The van der Waals surface area contributed by atoms with Crippen molar-refractivity contribution in [3.8, 4) is 0 Å². The molecule has 7 atom stereocenters. The minimum atomic E-state index is -4.95. The van der Waals surface area contributed by atoms with Crippen molar-refractivity contribution in [2.75, 3.05) is 39.6 Å². The van der Waals surface area contributed by atoms with Crippen LogP contribution in [0.5, 0.6) is 0 Å². The first-order valence-corrected chi connectivity index (χ1v) is 36.3. The summed E-state index contributed by atoms with van der Waals surface area (Å²) in [5.74, 6) is 0.780. The highest BCUT2D eigenvalue weighted by molar-refractivity contribution is 7.47. The van der Waals surface area contributed by atoms with Crippen molar-refractivity contribution < 1.29 is 80.2 Å². The zero-order chi connectivity index (χ0) is 61.8. The van der Waals surface area contributed by atoms with Gasteiger partial charge in [0, 0.05) is 25.7 Å². The van der Waals surface area contributed by atoms with E-state index in [1.165, 1.54) is 103 Å². The zero-order valence-electron chi connectivity index (χ0n) is 53.8. The average molecular weight is 1230 g/mol. The summed E-state index contributed by atoms with van der Waals surface area (Å²) in [5, 5.41) is 10.5. The Morgan fingerprint density at radius 3 is 0.855 bits per heavy atom. The van der Waals surface area contributed by atoms with Gasteiger partial charge in [0.1, 0.15) is 19.3 Å². The SMILES string of the molecule is CCC(C)CCCCCCCCCCC(=O)O[C@H](COC(=O)CCCCCCCCC(C)CC)COP(=O)(O)OCC(O)COP(=O)(O)OC[C@@H](COC(=O)CCCCCCCCCCC(C)C)OC(=O)CCCCCCCCCC(C)C. The van der Waals surface area contributed by atoms with Gasteiger partial charge in [-0.2, -0.15) is 0 Å². The Balaban J connectivity index is 5.27.